The lowest BCUT2D eigenvalue weighted by molar-refractivity contribution is -0.122. The van der Waals surface area contributed by atoms with E-state index in [2.05, 4.69) is 34.1 Å². The number of hydrogen-bond acceptors (Lipinski definition) is 8. The molecule has 1 aliphatic heterocycles. The van der Waals surface area contributed by atoms with Crippen molar-refractivity contribution in [3.63, 3.8) is 0 Å². The number of amides is 2. The van der Waals surface area contributed by atoms with Crippen molar-refractivity contribution in [3.05, 3.63) is 65.2 Å². The minimum absolute atomic E-state index is 0.0473. The van der Waals surface area contributed by atoms with Crippen LogP contribution in [0.3, 0.4) is 0 Å². The van der Waals surface area contributed by atoms with Crippen molar-refractivity contribution in [2.24, 2.45) is 0 Å². The quantitative estimate of drug-likeness (QED) is 0.182. The van der Waals surface area contributed by atoms with E-state index in [4.69, 9.17) is 24.0 Å². The molecule has 0 fully saturated rings. The predicted molar refractivity (Wildman–Crippen MR) is 153 cm³/mol. The Hall–Kier alpha value is -2.43. The van der Waals surface area contributed by atoms with Gasteiger partial charge in [-0.1, -0.05) is 42.5 Å². The molecule has 2 amide bonds. The van der Waals surface area contributed by atoms with Gasteiger partial charge in [-0.15, -0.1) is 0 Å². The number of hydrogen-bond donors (Lipinski definition) is 3. The number of carbonyl (C=O) groups is 2. The van der Waals surface area contributed by atoms with Crippen LogP contribution in [0.4, 0.5) is 5.69 Å². The second-order valence-electron chi connectivity index (χ2n) is 9.36. The number of nitrogens with one attached hydrogen (secondary N) is 1. The molecule has 0 saturated carbocycles. The first-order valence-electron chi connectivity index (χ1n) is 13.8. The third-order valence-corrected chi connectivity index (χ3v) is 6.90. The van der Waals surface area contributed by atoms with Crippen molar-refractivity contribution >= 4 is 26.1 Å². The van der Waals surface area contributed by atoms with Crippen LogP contribution in [-0.4, -0.2) is 74.4 Å². The van der Waals surface area contributed by atoms with Crippen LogP contribution in [0.25, 0.3) is 0 Å². The van der Waals surface area contributed by atoms with Gasteiger partial charge in [0.05, 0.1) is 52.8 Å². The van der Waals surface area contributed by atoms with E-state index in [0.29, 0.717) is 71.8 Å². The fourth-order valence-electron chi connectivity index (χ4n) is 4.46. The summed E-state index contributed by atoms with van der Waals surface area (Å²) in [7, 11) is -2.33. The summed E-state index contributed by atoms with van der Waals surface area (Å²) in [6, 6.07) is 16.5. The largest absolute Gasteiger partial charge is 0.377 e. The number of unbranched alkanes of at least 4 members (excludes halogenated alkanes) is 1. The Labute approximate surface area is 237 Å². The van der Waals surface area contributed by atoms with Gasteiger partial charge in [-0.2, -0.15) is 0 Å². The maximum absolute atomic E-state index is 13.3. The molecule has 3 N–H and O–H groups in total. The number of fused-ring (bicyclic) bond motifs is 2. The predicted octanol–water partition coefficient (Wildman–Crippen LogP) is 3.27. The summed E-state index contributed by atoms with van der Waals surface area (Å²) in [5.74, 6) is 0.0388. The molecule has 3 rings (SSSR count). The van der Waals surface area contributed by atoms with E-state index in [1.54, 1.807) is 0 Å². The fourth-order valence-corrected chi connectivity index (χ4v) is 4.69. The number of ether oxygens (including phenoxy) is 3. The monoisotopic (exact) mass is 576 g/mol. The number of anilines is 1. The lowest BCUT2D eigenvalue weighted by atomic mass is 9.95. The second-order valence-corrected chi connectivity index (χ2v) is 10.1. The molecule has 0 radical (unpaired) electrons. The van der Waals surface area contributed by atoms with Crippen LogP contribution in [0, 0.1) is 0 Å². The Morgan fingerprint density at radius 3 is 2.05 bits per heavy atom. The van der Waals surface area contributed by atoms with Crippen LogP contribution in [0.2, 0.25) is 0 Å². The minimum atomic E-state index is -2.33. The van der Waals surface area contributed by atoms with Crippen LogP contribution in [-0.2, 0) is 47.7 Å². The summed E-state index contributed by atoms with van der Waals surface area (Å²) >= 11 is 0. The number of benzene rings is 2. The van der Waals surface area contributed by atoms with Gasteiger partial charge >= 0.3 is 8.60 Å². The third-order valence-electron chi connectivity index (χ3n) is 6.49. The van der Waals surface area contributed by atoms with Crippen LogP contribution in [0.5, 0.6) is 0 Å². The van der Waals surface area contributed by atoms with Gasteiger partial charge in [0.15, 0.2) is 0 Å². The molecule has 0 spiro atoms. The van der Waals surface area contributed by atoms with Gasteiger partial charge in [-0.25, -0.2) is 0 Å². The van der Waals surface area contributed by atoms with Gasteiger partial charge in [-0.05, 0) is 48.4 Å². The molecule has 10 nitrogen and oxygen atoms in total. The summed E-state index contributed by atoms with van der Waals surface area (Å²) in [4.78, 5) is 44.5. The fraction of sp³-hybridized carbons (Fsp3) is 0.517. The van der Waals surface area contributed by atoms with Crippen molar-refractivity contribution in [1.82, 2.24) is 5.32 Å². The molecule has 1 aliphatic rings. The minimum Gasteiger partial charge on any atom is -0.377 e. The number of carbonyl (C=O) groups excluding carboxylic acids is 2. The Morgan fingerprint density at radius 2 is 1.32 bits per heavy atom. The number of rotatable bonds is 18. The lowest BCUT2D eigenvalue weighted by Crippen LogP contribution is -2.32. The Balaban J connectivity index is 1.24. The van der Waals surface area contributed by atoms with Crippen molar-refractivity contribution < 1.29 is 38.1 Å². The van der Waals surface area contributed by atoms with Crippen LogP contribution in [0.15, 0.2) is 48.5 Å². The molecular weight excluding hydrogens is 535 g/mol. The zero-order chi connectivity index (χ0) is 28.4. The average molecular weight is 577 g/mol. The highest BCUT2D eigenvalue weighted by Gasteiger charge is 2.22. The third kappa shape index (κ3) is 12.0. The smallest absolute Gasteiger partial charge is 0.327 e. The van der Waals surface area contributed by atoms with E-state index in [1.807, 2.05) is 29.2 Å². The first-order chi connectivity index (χ1) is 19.5. The summed E-state index contributed by atoms with van der Waals surface area (Å²) in [5.41, 5.74) is 4.66. The van der Waals surface area contributed by atoms with Crippen molar-refractivity contribution in [1.29, 1.82) is 0 Å². The van der Waals surface area contributed by atoms with Gasteiger partial charge in [0.2, 0.25) is 11.8 Å². The molecule has 1 heterocycles. The highest BCUT2D eigenvalue weighted by atomic mass is 31.2. The molecule has 0 unspecified atom stereocenters. The first-order valence-corrected chi connectivity index (χ1v) is 15.0. The topological polar surface area (TPSA) is 127 Å². The Bertz CT molecular complexity index is 1040. The van der Waals surface area contributed by atoms with Crippen molar-refractivity contribution in [2.75, 3.05) is 57.7 Å². The zero-order valence-corrected chi connectivity index (χ0v) is 23.9. The van der Waals surface area contributed by atoms with Crippen LogP contribution >= 0.6 is 8.60 Å². The van der Waals surface area contributed by atoms with Crippen molar-refractivity contribution in [3.8, 4) is 0 Å². The summed E-state index contributed by atoms with van der Waals surface area (Å²) in [5, 5.41) is 2.85. The molecule has 0 atom stereocenters. The summed E-state index contributed by atoms with van der Waals surface area (Å²) in [6.45, 7) is 3.35. The Morgan fingerprint density at radius 1 is 0.750 bits per heavy atom. The summed E-state index contributed by atoms with van der Waals surface area (Å²) in [6.07, 6.45) is 3.95. The highest BCUT2D eigenvalue weighted by molar-refractivity contribution is 7.39. The van der Waals surface area contributed by atoms with Crippen LogP contribution < -0.4 is 10.2 Å². The first kappa shape index (κ1) is 32.1. The molecule has 2 aromatic carbocycles. The maximum Gasteiger partial charge on any atom is 0.327 e. The molecule has 11 heteroatoms. The van der Waals surface area contributed by atoms with Crippen LogP contribution in [0.1, 0.15) is 42.4 Å². The maximum atomic E-state index is 13.3. The van der Waals surface area contributed by atoms with E-state index in [1.165, 1.54) is 16.7 Å². The number of nitrogens with zero attached hydrogens (tertiary/aromatic N) is 1. The molecule has 220 valence electrons. The molecule has 0 aliphatic carbocycles. The van der Waals surface area contributed by atoms with E-state index in [0.717, 1.165) is 18.5 Å². The highest BCUT2D eigenvalue weighted by Crippen LogP contribution is 2.29. The van der Waals surface area contributed by atoms with E-state index >= 15 is 0 Å². The van der Waals surface area contributed by atoms with Gasteiger partial charge in [0.1, 0.15) is 0 Å². The number of aryl methyl sites for hydroxylation is 2. The van der Waals surface area contributed by atoms with Gasteiger partial charge in [0.25, 0.3) is 0 Å². The normalized spacial score (nSPS) is 12.9. The van der Waals surface area contributed by atoms with Crippen molar-refractivity contribution in [2.45, 2.75) is 45.1 Å². The standard InChI is InChI=1S/C29H41N2O8P/c32-28(30-15-16-36-17-18-37-19-20-38-21-22-39-40(34)35)11-5-6-12-29(33)31-23-26-9-2-1-7-24(26)13-14-25-8-3-4-10-27(25)31/h1-4,7-10,34-35H,5-6,11-23H2,(H,30,32). The lowest BCUT2D eigenvalue weighted by Gasteiger charge is -2.29. The summed E-state index contributed by atoms with van der Waals surface area (Å²) < 4.78 is 20.6. The second kappa shape index (κ2) is 18.8. The van der Waals surface area contributed by atoms with E-state index < -0.39 is 8.60 Å². The van der Waals surface area contributed by atoms with Gasteiger partial charge in [0, 0.05) is 25.1 Å². The molecule has 0 bridgehead atoms. The van der Waals surface area contributed by atoms with Gasteiger partial charge in [-0.3, -0.25) is 9.59 Å². The van der Waals surface area contributed by atoms with E-state index in [-0.39, 0.29) is 25.0 Å². The Kier molecular flexibility index (Phi) is 15.1. The van der Waals surface area contributed by atoms with E-state index in [9.17, 15) is 9.59 Å². The number of para-hydroxylation sites is 1. The molecule has 40 heavy (non-hydrogen) atoms. The van der Waals surface area contributed by atoms with Gasteiger partial charge < -0.3 is 38.7 Å². The molecular formula is C29H41N2O8P. The molecule has 0 aromatic heterocycles. The molecule has 0 saturated heterocycles. The SMILES string of the molecule is O=C(CCCCC(=O)N1Cc2ccccc2CCc2ccccc21)NCCOCCOCCOCCOP(O)O. The zero-order valence-electron chi connectivity index (χ0n) is 23.0. The molecule has 2 aromatic rings. The average Bonchev–Trinajstić information content (AvgIpc) is 2.94.